The molecule has 3 nitrogen and oxygen atoms in total. The summed E-state index contributed by atoms with van der Waals surface area (Å²) in [6.45, 7) is 5.31. The minimum absolute atomic E-state index is 0.662. The third-order valence-corrected chi connectivity index (χ3v) is 4.43. The number of benzene rings is 1. The molecule has 2 unspecified atom stereocenters. The second kappa shape index (κ2) is 5.80. The van der Waals surface area contributed by atoms with Crippen molar-refractivity contribution in [1.82, 2.24) is 14.9 Å². The van der Waals surface area contributed by atoms with Gasteiger partial charge in [0.2, 0.25) is 0 Å². The number of imidazole rings is 1. The third-order valence-electron chi connectivity index (χ3n) is 4.43. The van der Waals surface area contributed by atoms with E-state index in [0.717, 1.165) is 18.3 Å². The summed E-state index contributed by atoms with van der Waals surface area (Å²) in [4.78, 5) is 4.48. The second-order valence-corrected chi connectivity index (χ2v) is 5.86. The molecule has 0 amide bonds. The van der Waals surface area contributed by atoms with Crippen molar-refractivity contribution in [3.8, 4) is 5.69 Å². The average molecular weight is 269 g/mol. The van der Waals surface area contributed by atoms with E-state index in [4.69, 9.17) is 0 Å². The Morgan fingerprint density at radius 3 is 2.75 bits per heavy atom. The molecule has 1 aromatic heterocycles. The number of nitrogens with one attached hydrogen (secondary N) is 1. The summed E-state index contributed by atoms with van der Waals surface area (Å²) in [6.07, 6.45) is 6.01. The average Bonchev–Trinajstić information content (AvgIpc) is 3.03. The van der Waals surface area contributed by atoms with E-state index in [1.54, 1.807) is 0 Å². The van der Waals surface area contributed by atoms with E-state index in [1.807, 2.05) is 12.3 Å². The quantitative estimate of drug-likeness (QED) is 0.921. The van der Waals surface area contributed by atoms with Gasteiger partial charge in [0.15, 0.2) is 0 Å². The molecule has 1 aromatic carbocycles. The summed E-state index contributed by atoms with van der Waals surface area (Å²) in [5.74, 6) is 1.84. The van der Waals surface area contributed by atoms with Crippen LogP contribution < -0.4 is 5.32 Å². The summed E-state index contributed by atoms with van der Waals surface area (Å²) >= 11 is 0. The molecule has 20 heavy (non-hydrogen) atoms. The Kier molecular flexibility index (Phi) is 3.88. The number of para-hydroxylation sites is 1. The Labute approximate surface area is 121 Å². The van der Waals surface area contributed by atoms with Gasteiger partial charge >= 0.3 is 0 Å². The predicted octanol–water partition coefficient (Wildman–Crippen LogP) is 3.46. The maximum Gasteiger partial charge on any atom is 0.110 e. The standard InChI is InChI=1S/C17H23N3/c1-13-7-6-10-17(13)19-12-16-11-18-14(2)20(16)15-8-4-3-5-9-15/h3-5,8-9,11,13,17,19H,6-7,10,12H2,1-2H3. The number of aryl methyl sites for hydroxylation is 1. The monoisotopic (exact) mass is 269 g/mol. The van der Waals surface area contributed by atoms with Gasteiger partial charge in [0.1, 0.15) is 5.82 Å². The van der Waals surface area contributed by atoms with Crippen molar-refractivity contribution < 1.29 is 0 Å². The number of aromatic nitrogens is 2. The molecule has 106 valence electrons. The lowest BCUT2D eigenvalue weighted by Gasteiger charge is -2.18. The van der Waals surface area contributed by atoms with E-state index in [0.29, 0.717) is 6.04 Å². The molecule has 1 fully saturated rings. The molecule has 0 radical (unpaired) electrons. The Morgan fingerprint density at radius 1 is 1.25 bits per heavy atom. The van der Waals surface area contributed by atoms with Crippen molar-refractivity contribution in [2.75, 3.05) is 0 Å². The van der Waals surface area contributed by atoms with Crippen molar-refractivity contribution in [2.24, 2.45) is 5.92 Å². The molecule has 1 aliphatic carbocycles. The third kappa shape index (κ3) is 2.63. The Bertz CT molecular complexity index is 559. The van der Waals surface area contributed by atoms with Crippen LogP contribution in [0.4, 0.5) is 0 Å². The highest BCUT2D eigenvalue weighted by molar-refractivity contribution is 5.35. The zero-order valence-electron chi connectivity index (χ0n) is 12.3. The molecule has 0 bridgehead atoms. The molecule has 0 spiro atoms. The highest BCUT2D eigenvalue weighted by Crippen LogP contribution is 2.25. The first-order chi connectivity index (χ1) is 9.75. The smallest absolute Gasteiger partial charge is 0.110 e. The van der Waals surface area contributed by atoms with Gasteiger partial charge in [-0.15, -0.1) is 0 Å². The maximum atomic E-state index is 4.48. The molecule has 3 heteroatoms. The summed E-state index contributed by atoms with van der Waals surface area (Å²) in [7, 11) is 0. The van der Waals surface area contributed by atoms with Gasteiger partial charge in [-0.05, 0) is 37.8 Å². The number of rotatable bonds is 4. The largest absolute Gasteiger partial charge is 0.308 e. The van der Waals surface area contributed by atoms with Gasteiger partial charge in [-0.3, -0.25) is 4.57 Å². The molecule has 3 rings (SSSR count). The zero-order chi connectivity index (χ0) is 13.9. The van der Waals surface area contributed by atoms with Gasteiger partial charge in [0.25, 0.3) is 0 Å². The number of hydrogen-bond donors (Lipinski definition) is 1. The number of nitrogens with zero attached hydrogens (tertiary/aromatic N) is 2. The molecule has 0 aliphatic heterocycles. The fourth-order valence-corrected chi connectivity index (χ4v) is 3.23. The first kappa shape index (κ1) is 13.4. The molecule has 2 aromatic rings. The zero-order valence-corrected chi connectivity index (χ0v) is 12.3. The molecular weight excluding hydrogens is 246 g/mol. The molecule has 1 N–H and O–H groups in total. The number of hydrogen-bond acceptors (Lipinski definition) is 2. The normalized spacial score (nSPS) is 22.3. The predicted molar refractivity (Wildman–Crippen MR) is 81.9 cm³/mol. The van der Waals surface area contributed by atoms with Crippen molar-refractivity contribution >= 4 is 0 Å². The minimum Gasteiger partial charge on any atom is -0.308 e. The SMILES string of the molecule is Cc1ncc(CNC2CCCC2C)n1-c1ccccc1. The lowest BCUT2D eigenvalue weighted by atomic mass is 10.1. The first-order valence-electron chi connectivity index (χ1n) is 7.57. The van der Waals surface area contributed by atoms with Crippen LogP contribution >= 0.6 is 0 Å². The van der Waals surface area contributed by atoms with Gasteiger partial charge in [0.05, 0.1) is 11.9 Å². The summed E-state index contributed by atoms with van der Waals surface area (Å²) in [6, 6.07) is 11.1. The molecular formula is C17H23N3. The van der Waals surface area contributed by atoms with Crippen LogP contribution in [0.2, 0.25) is 0 Å². The van der Waals surface area contributed by atoms with Gasteiger partial charge in [0, 0.05) is 18.3 Å². The summed E-state index contributed by atoms with van der Waals surface area (Å²) in [5, 5.41) is 3.71. The summed E-state index contributed by atoms with van der Waals surface area (Å²) < 4.78 is 2.24. The van der Waals surface area contributed by atoms with Crippen molar-refractivity contribution in [2.45, 2.75) is 45.7 Å². The highest BCUT2D eigenvalue weighted by atomic mass is 15.1. The van der Waals surface area contributed by atoms with Crippen LogP contribution in [-0.2, 0) is 6.54 Å². The van der Waals surface area contributed by atoms with Crippen LogP contribution in [0.5, 0.6) is 0 Å². The van der Waals surface area contributed by atoms with Crippen LogP contribution in [0, 0.1) is 12.8 Å². The molecule has 1 saturated carbocycles. The van der Waals surface area contributed by atoms with Crippen LogP contribution in [-0.4, -0.2) is 15.6 Å². The fraction of sp³-hybridized carbons (Fsp3) is 0.471. The Balaban J connectivity index is 1.77. The van der Waals surface area contributed by atoms with Crippen LogP contribution in [0.3, 0.4) is 0 Å². The summed E-state index contributed by atoms with van der Waals surface area (Å²) in [5.41, 5.74) is 2.44. The fourth-order valence-electron chi connectivity index (χ4n) is 3.23. The first-order valence-corrected chi connectivity index (χ1v) is 7.57. The van der Waals surface area contributed by atoms with Crippen LogP contribution in [0.25, 0.3) is 5.69 Å². The van der Waals surface area contributed by atoms with E-state index < -0.39 is 0 Å². The van der Waals surface area contributed by atoms with Crippen LogP contribution in [0.1, 0.15) is 37.7 Å². The van der Waals surface area contributed by atoms with E-state index in [2.05, 4.69) is 53.0 Å². The van der Waals surface area contributed by atoms with Crippen molar-refractivity contribution in [3.05, 3.63) is 48.0 Å². The molecule has 1 aliphatic rings. The topological polar surface area (TPSA) is 29.9 Å². The van der Waals surface area contributed by atoms with E-state index >= 15 is 0 Å². The van der Waals surface area contributed by atoms with Gasteiger partial charge in [-0.1, -0.05) is 31.5 Å². The Morgan fingerprint density at radius 2 is 2.05 bits per heavy atom. The lowest BCUT2D eigenvalue weighted by molar-refractivity contribution is 0.422. The van der Waals surface area contributed by atoms with Gasteiger partial charge in [-0.25, -0.2) is 4.98 Å². The second-order valence-electron chi connectivity index (χ2n) is 5.86. The minimum atomic E-state index is 0.662. The Hall–Kier alpha value is -1.61. The molecule has 1 heterocycles. The van der Waals surface area contributed by atoms with Crippen LogP contribution in [0.15, 0.2) is 36.5 Å². The van der Waals surface area contributed by atoms with Crippen molar-refractivity contribution in [3.63, 3.8) is 0 Å². The molecule has 0 saturated heterocycles. The molecule has 2 atom stereocenters. The van der Waals surface area contributed by atoms with E-state index in [-0.39, 0.29) is 0 Å². The highest BCUT2D eigenvalue weighted by Gasteiger charge is 2.23. The van der Waals surface area contributed by atoms with Gasteiger partial charge < -0.3 is 5.32 Å². The van der Waals surface area contributed by atoms with E-state index in [9.17, 15) is 0 Å². The van der Waals surface area contributed by atoms with Crippen molar-refractivity contribution in [1.29, 1.82) is 0 Å². The van der Waals surface area contributed by atoms with Gasteiger partial charge in [-0.2, -0.15) is 0 Å². The maximum absolute atomic E-state index is 4.48. The lowest BCUT2D eigenvalue weighted by Crippen LogP contribution is -2.31. The van der Waals surface area contributed by atoms with E-state index in [1.165, 1.54) is 30.6 Å².